The second kappa shape index (κ2) is 4.77. The molecule has 16 heavy (non-hydrogen) atoms. The lowest BCUT2D eigenvalue weighted by atomic mass is 9.86. The van der Waals surface area contributed by atoms with Crippen LogP contribution in [0, 0.1) is 0 Å². The van der Waals surface area contributed by atoms with Gasteiger partial charge < -0.3 is 14.5 Å². The van der Waals surface area contributed by atoms with Gasteiger partial charge in [-0.3, -0.25) is 0 Å². The molecule has 0 bridgehead atoms. The second-order valence-electron chi connectivity index (χ2n) is 3.32. The Morgan fingerprint density at radius 3 is 2.94 bits per heavy atom. The van der Waals surface area contributed by atoms with Gasteiger partial charge in [-0.1, -0.05) is 6.92 Å². The van der Waals surface area contributed by atoms with Crippen LogP contribution >= 0.6 is 11.3 Å². The van der Waals surface area contributed by atoms with Crippen molar-refractivity contribution in [2.75, 3.05) is 0 Å². The normalized spacial score (nSPS) is 10.7. The first kappa shape index (κ1) is 11.3. The molecule has 2 aromatic rings. The minimum atomic E-state index is -1.50. The van der Waals surface area contributed by atoms with Gasteiger partial charge >= 0.3 is 7.12 Å². The first-order chi connectivity index (χ1) is 7.72. The summed E-state index contributed by atoms with van der Waals surface area (Å²) in [5.74, 6) is 0.912. The minimum absolute atomic E-state index is 0.341. The van der Waals surface area contributed by atoms with Crippen LogP contribution in [0.15, 0.2) is 15.9 Å². The molecule has 0 aliphatic carbocycles. The molecule has 2 aromatic heterocycles. The number of aromatic nitrogens is 2. The summed E-state index contributed by atoms with van der Waals surface area (Å²) >= 11 is 1.25. The molecule has 0 spiro atoms. The summed E-state index contributed by atoms with van der Waals surface area (Å²) in [6, 6.07) is 1.74. The minimum Gasteiger partial charge on any atom is -0.423 e. The van der Waals surface area contributed by atoms with Crippen molar-refractivity contribution in [3.63, 3.8) is 0 Å². The van der Waals surface area contributed by atoms with Crippen LogP contribution in [0.5, 0.6) is 0 Å². The topological polar surface area (TPSA) is 79.4 Å². The van der Waals surface area contributed by atoms with Crippen LogP contribution in [0.3, 0.4) is 0 Å². The summed E-state index contributed by atoms with van der Waals surface area (Å²) in [5, 5.41) is 27.8. The van der Waals surface area contributed by atoms with Crippen LogP contribution in [-0.2, 0) is 6.42 Å². The van der Waals surface area contributed by atoms with Crippen LogP contribution in [0.2, 0.25) is 0 Å². The van der Waals surface area contributed by atoms with Gasteiger partial charge in [-0.2, -0.15) is 11.3 Å². The Hall–Kier alpha value is -1.18. The third-order valence-electron chi connectivity index (χ3n) is 2.09. The van der Waals surface area contributed by atoms with Crippen LogP contribution < -0.4 is 4.78 Å². The number of rotatable bonds is 4. The van der Waals surface area contributed by atoms with E-state index in [1.807, 2.05) is 6.92 Å². The molecule has 0 radical (unpaired) electrons. The third kappa shape index (κ3) is 2.16. The highest BCUT2D eigenvalue weighted by Crippen LogP contribution is 2.19. The number of thiophene rings is 1. The second-order valence-corrected chi connectivity index (χ2v) is 4.27. The van der Waals surface area contributed by atoms with E-state index in [1.54, 1.807) is 11.4 Å². The quantitative estimate of drug-likeness (QED) is 0.755. The van der Waals surface area contributed by atoms with Gasteiger partial charge in [-0.05, 0) is 17.9 Å². The number of hydrogen-bond donors (Lipinski definition) is 2. The van der Waals surface area contributed by atoms with Crippen molar-refractivity contribution in [1.29, 1.82) is 0 Å². The third-order valence-corrected chi connectivity index (χ3v) is 3.05. The van der Waals surface area contributed by atoms with E-state index in [1.165, 1.54) is 11.3 Å². The van der Waals surface area contributed by atoms with E-state index < -0.39 is 7.12 Å². The predicted octanol–water partition coefficient (Wildman–Crippen LogP) is 0.430. The molecule has 0 aromatic carbocycles. The van der Waals surface area contributed by atoms with Gasteiger partial charge in [0.15, 0.2) is 0 Å². The van der Waals surface area contributed by atoms with Gasteiger partial charge in [0.2, 0.25) is 11.8 Å². The highest BCUT2D eigenvalue weighted by atomic mass is 32.1. The van der Waals surface area contributed by atoms with Gasteiger partial charge in [0.25, 0.3) is 0 Å². The average molecular weight is 238 g/mol. The van der Waals surface area contributed by atoms with E-state index in [2.05, 4.69) is 10.2 Å². The van der Waals surface area contributed by atoms with Crippen molar-refractivity contribution in [3.05, 3.63) is 17.3 Å². The SMILES string of the molecule is CCCc1nnc(-c2ccsc2B(O)O)o1. The first-order valence-electron chi connectivity index (χ1n) is 4.98. The first-order valence-corrected chi connectivity index (χ1v) is 5.86. The Morgan fingerprint density at radius 1 is 1.44 bits per heavy atom. The maximum absolute atomic E-state index is 9.14. The van der Waals surface area contributed by atoms with Crippen LogP contribution in [0.1, 0.15) is 19.2 Å². The van der Waals surface area contributed by atoms with Gasteiger partial charge in [0.05, 0.1) is 0 Å². The molecule has 2 heterocycles. The Balaban J connectivity index is 2.31. The molecule has 0 atom stereocenters. The number of hydrogen-bond acceptors (Lipinski definition) is 6. The molecule has 0 aliphatic rings. The lowest BCUT2D eigenvalue weighted by Gasteiger charge is -1.96. The molecule has 0 saturated heterocycles. The fourth-order valence-corrected chi connectivity index (χ4v) is 2.13. The molecular formula is C9H11BN2O3S. The Bertz CT molecular complexity index is 469. The number of nitrogens with zero attached hydrogens (tertiary/aromatic N) is 2. The molecule has 2 rings (SSSR count). The van der Waals surface area contributed by atoms with E-state index in [4.69, 9.17) is 14.5 Å². The Kier molecular flexibility index (Phi) is 3.38. The summed E-state index contributed by atoms with van der Waals surface area (Å²) in [6.07, 6.45) is 1.66. The van der Waals surface area contributed by atoms with E-state index in [0.717, 1.165) is 12.8 Å². The zero-order valence-electron chi connectivity index (χ0n) is 8.75. The van der Waals surface area contributed by atoms with Crippen LogP contribution in [0.25, 0.3) is 11.5 Å². The van der Waals surface area contributed by atoms with Gasteiger partial charge in [-0.15, -0.1) is 10.2 Å². The van der Waals surface area contributed by atoms with E-state index in [0.29, 0.717) is 22.1 Å². The van der Waals surface area contributed by atoms with Crippen molar-refractivity contribution in [1.82, 2.24) is 10.2 Å². The molecule has 84 valence electrons. The van der Waals surface area contributed by atoms with E-state index in [-0.39, 0.29) is 0 Å². The standard InChI is InChI=1S/C9H11BN2O3S/c1-2-3-7-11-12-9(15-7)6-4-5-16-8(6)10(13)14/h4-5,13-14H,2-3H2,1H3. The maximum Gasteiger partial charge on any atom is 0.499 e. The zero-order valence-corrected chi connectivity index (χ0v) is 9.57. The monoisotopic (exact) mass is 238 g/mol. The summed E-state index contributed by atoms with van der Waals surface area (Å²) in [7, 11) is -1.50. The highest BCUT2D eigenvalue weighted by Gasteiger charge is 2.21. The summed E-state index contributed by atoms with van der Waals surface area (Å²) in [4.78, 5) is 0. The molecule has 0 saturated carbocycles. The van der Waals surface area contributed by atoms with E-state index in [9.17, 15) is 0 Å². The number of aryl methyl sites for hydroxylation is 1. The summed E-state index contributed by atoms with van der Waals surface area (Å²) < 4.78 is 5.84. The largest absolute Gasteiger partial charge is 0.499 e. The molecule has 2 N–H and O–H groups in total. The maximum atomic E-state index is 9.14. The van der Waals surface area contributed by atoms with Crippen molar-refractivity contribution in [3.8, 4) is 11.5 Å². The summed E-state index contributed by atoms with van der Waals surface area (Å²) in [5.41, 5.74) is 0.592. The molecule has 5 nitrogen and oxygen atoms in total. The molecule has 0 aliphatic heterocycles. The molecule has 7 heteroatoms. The fraction of sp³-hybridized carbons (Fsp3) is 0.333. The summed E-state index contributed by atoms with van der Waals surface area (Å²) in [6.45, 7) is 2.03. The lowest BCUT2D eigenvalue weighted by molar-refractivity contribution is 0.426. The zero-order chi connectivity index (χ0) is 11.5. The van der Waals surface area contributed by atoms with Gasteiger partial charge in [-0.25, -0.2) is 0 Å². The highest BCUT2D eigenvalue weighted by molar-refractivity contribution is 7.21. The fourth-order valence-electron chi connectivity index (χ4n) is 1.37. The van der Waals surface area contributed by atoms with Crippen LogP contribution in [0.4, 0.5) is 0 Å². The predicted molar refractivity (Wildman–Crippen MR) is 61.4 cm³/mol. The Labute approximate surface area is 96.9 Å². The Morgan fingerprint density at radius 2 is 2.25 bits per heavy atom. The van der Waals surface area contributed by atoms with Gasteiger partial charge in [0.1, 0.15) is 0 Å². The van der Waals surface area contributed by atoms with Crippen molar-refractivity contribution in [2.24, 2.45) is 0 Å². The molecule has 0 unspecified atom stereocenters. The smallest absolute Gasteiger partial charge is 0.423 e. The van der Waals surface area contributed by atoms with E-state index >= 15 is 0 Å². The molecule has 0 fully saturated rings. The molecular weight excluding hydrogens is 227 g/mol. The average Bonchev–Trinajstić information content (AvgIpc) is 2.83. The molecule has 0 amide bonds. The van der Waals surface area contributed by atoms with Crippen molar-refractivity contribution < 1.29 is 14.5 Å². The van der Waals surface area contributed by atoms with Gasteiger partial charge in [0, 0.05) is 16.8 Å². The lowest BCUT2D eigenvalue weighted by Crippen LogP contribution is -2.28. The van der Waals surface area contributed by atoms with Crippen molar-refractivity contribution in [2.45, 2.75) is 19.8 Å². The van der Waals surface area contributed by atoms with Crippen molar-refractivity contribution >= 4 is 23.2 Å². The van der Waals surface area contributed by atoms with Crippen LogP contribution in [-0.4, -0.2) is 27.4 Å².